The normalized spacial score (nSPS) is 16.5. The first kappa shape index (κ1) is 35.7. The van der Waals surface area contributed by atoms with Crippen LogP contribution in [0.2, 0.25) is 0 Å². The van der Waals surface area contributed by atoms with Crippen LogP contribution >= 0.6 is 18.5 Å². The molecule has 0 amide bonds. The quantitative estimate of drug-likeness (QED) is 0.0676. The summed E-state index contributed by atoms with van der Waals surface area (Å²) in [6.07, 6.45) is -2.28. The monoisotopic (exact) mass is 714 g/mol. The lowest BCUT2D eigenvalue weighted by molar-refractivity contribution is -0.206. The van der Waals surface area contributed by atoms with Crippen molar-refractivity contribution < 1.29 is 54.1 Å². The van der Waals surface area contributed by atoms with Gasteiger partial charge in [-0.25, -0.2) is 26.3 Å². The van der Waals surface area contributed by atoms with Gasteiger partial charge in [-0.05, 0) is 65.7 Å². The lowest BCUT2D eigenvalue weighted by atomic mass is 9.96. The van der Waals surface area contributed by atoms with Gasteiger partial charge in [-0.2, -0.15) is 8.78 Å². The van der Waals surface area contributed by atoms with Crippen molar-refractivity contribution in [3.63, 3.8) is 0 Å². The van der Waals surface area contributed by atoms with E-state index < -0.39 is 80.4 Å². The summed E-state index contributed by atoms with van der Waals surface area (Å²) in [4.78, 5) is 0. The topological polar surface area (TPSA) is 36.9 Å². The second-order valence-electron chi connectivity index (χ2n) is 10.9. The van der Waals surface area contributed by atoms with Crippen molar-refractivity contribution in [2.75, 3.05) is 19.8 Å². The van der Waals surface area contributed by atoms with Gasteiger partial charge in [-0.3, -0.25) is 0 Å². The van der Waals surface area contributed by atoms with Gasteiger partial charge in [0.05, 0.1) is 31.6 Å². The molecule has 1 saturated heterocycles. The number of alkyl halides is 2. The van der Waals surface area contributed by atoms with Crippen LogP contribution in [0.5, 0.6) is 5.75 Å². The third-order valence-electron chi connectivity index (χ3n) is 7.55. The molecule has 0 aromatic heterocycles. The van der Waals surface area contributed by atoms with Gasteiger partial charge in [0.25, 0.3) is 0 Å². The molecule has 0 bridgehead atoms. The summed E-state index contributed by atoms with van der Waals surface area (Å²) in [5.41, 5.74) is -2.46. The van der Waals surface area contributed by atoms with E-state index in [-0.39, 0.29) is 17.0 Å². The second-order valence-corrected chi connectivity index (χ2v) is 12.2. The number of halogens is 8. The maximum Gasteiger partial charge on any atom is 0.430 e. The number of hydrogen-bond acceptors (Lipinski definition) is 4. The molecular formula is C34H28F8O4P2. The molecule has 0 N–H and O–H groups in total. The predicted octanol–water partition coefficient (Wildman–Crippen LogP) is 8.59. The molecule has 1 aliphatic rings. The van der Waals surface area contributed by atoms with Crippen LogP contribution in [0.25, 0.3) is 22.3 Å². The van der Waals surface area contributed by atoms with Gasteiger partial charge in [0, 0.05) is 28.4 Å². The lowest BCUT2D eigenvalue weighted by Gasteiger charge is -2.29. The summed E-state index contributed by atoms with van der Waals surface area (Å²) >= 11 is 0. The zero-order chi connectivity index (χ0) is 34.7. The average molecular weight is 715 g/mol. The maximum atomic E-state index is 15.4. The molecule has 4 aromatic carbocycles. The molecule has 0 spiro atoms. The molecule has 48 heavy (non-hydrogen) atoms. The summed E-state index contributed by atoms with van der Waals surface area (Å²) in [5.74, 6) is -8.27. The molecule has 4 aromatic rings. The van der Waals surface area contributed by atoms with Crippen LogP contribution in [0.3, 0.4) is 0 Å². The van der Waals surface area contributed by atoms with Crippen molar-refractivity contribution in [3.05, 3.63) is 113 Å². The van der Waals surface area contributed by atoms with Gasteiger partial charge in [0.1, 0.15) is 34.6 Å². The van der Waals surface area contributed by atoms with Crippen LogP contribution in [0, 0.1) is 40.8 Å². The van der Waals surface area contributed by atoms with Crippen molar-refractivity contribution in [2.45, 2.75) is 25.2 Å². The fourth-order valence-electron chi connectivity index (χ4n) is 5.28. The van der Waals surface area contributed by atoms with Crippen LogP contribution in [-0.2, 0) is 20.3 Å². The van der Waals surface area contributed by atoms with E-state index >= 15 is 26.3 Å². The highest BCUT2D eigenvalue weighted by molar-refractivity contribution is 7.27. The Bertz CT molecular complexity index is 1760. The summed E-state index contributed by atoms with van der Waals surface area (Å²) in [5, 5.41) is -0.940. The van der Waals surface area contributed by atoms with Gasteiger partial charge in [0.15, 0.2) is 17.9 Å². The molecule has 14 heteroatoms. The number of ether oxygens (including phenoxy) is 4. The summed E-state index contributed by atoms with van der Waals surface area (Å²) in [6, 6.07) is 8.12. The Morgan fingerprint density at radius 1 is 0.792 bits per heavy atom. The van der Waals surface area contributed by atoms with Crippen LogP contribution in [0.4, 0.5) is 35.1 Å². The van der Waals surface area contributed by atoms with E-state index in [2.05, 4.69) is 11.3 Å². The number of benzene rings is 4. The first-order valence-electron chi connectivity index (χ1n) is 14.4. The molecule has 0 radical (unpaired) electrons. The van der Waals surface area contributed by atoms with Crippen LogP contribution in [0.1, 0.15) is 30.3 Å². The number of hydrogen-bond donors (Lipinski definition) is 0. The Kier molecular flexibility index (Phi) is 11.1. The molecule has 2 atom stereocenters. The molecule has 1 heterocycles. The molecule has 1 fully saturated rings. The van der Waals surface area contributed by atoms with E-state index in [1.165, 1.54) is 18.4 Å². The Labute approximate surface area is 275 Å². The SMILES string of the molecule is C=COCCCC1COC(c2ccc(-c3cc(F)c(-c4cc(F)c(C(F)(F)Oc5cc(F)c(F)c(P)c5)c(P)c4)c(F)c3)c(F)c2)OC1. The molecule has 2 unspecified atom stereocenters. The zero-order valence-corrected chi connectivity index (χ0v) is 27.3. The summed E-state index contributed by atoms with van der Waals surface area (Å²) in [6.45, 7) is 4.78. The van der Waals surface area contributed by atoms with E-state index in [9.17, 15) is 8.78 Å². The van der Waals surface area contributed by atoms with E-state index in [0.717, 1.165) is 43.2 Å². The Morgan fingerprint density at radius 3 is 2.06 bits per heavy atom. The fourth-order valence-corrected chi connectivity index (χ4v) is 6.07. The standard InChI is InChI=1S/C34H28F8O4P2/c1-2-43-7-3-4-17-15-44-33(45-16-17)18-5-6-22(23(35)8-18)19-9-24(36)30(25(37)10-19)20-11-26(38)31(28(47)12-20)34(41,42)46-21-13-27(39)32(40)29(48)14-21/h2,5-6,8-14,17,33H,1,3-4,7,15-16,47-48H2. The van der Waals surface area contributed by atoms with E-state index in [1.807, 2.05) is 18.5 Å². The van der Waals surface area contributed by atoms with Crippen molar-refractivity contribution in [1.82, 2.24) is 0 Å². The van der Waals surface area contributed by atoms with Crippen LogP contribution in [-0.4, -0.2) is 19.8 Å². The minimum Gasteiger partial charge on any atom is -0.502 e. The third kappa shape index (κ3) is 7.84. The van der Waals surface area contributed by atoms with Crippen molar-refractivity contribution >= 4 is 29.1 Å². The van der Waals surface area contributed by atoms with Gasteiger partial charge < -0.3 is 18.9 Å². The lowest BCUT2D eigenvalue weighted by Crippen LogP contribution is -2.29. The molecule has 5 rings (SSSR count). The Balaban J connectivity index is 1.34. The van der Waals surface area contributed by atoms with Crippen molar-refractivity contribution in [3.8, 4) is 28.0 Å². The van der Waals surface area contributed by atoms with Gasteiger partial charge in [-0.15, -0.1) is 18.5 Å². The van der Waals surface area contributed by atoms with Gasteiger partial charge >= 0.3 is 6.11 Å². The molecular weight excluding hydrogens is 686 g/mol. The number of rotatable bonds is 11. The largest absolute Gasteiger partial charge is 0.502 e. The van der Waals surface area contributed by atoms with Gasteiger partial charge in [-0.1, -0.05) is 18.7 Å². The first-order valence-corrected chi connectivity index (χ1v) is 15.6. The van der Waals surface area contributed by atoms with Crippen molar-refractivity contribution in [1.29, 1.82) is 0 Å². The smallest absolute Gasteiger partial charge is 0.430 e. The average Bonchev–Trinajstić information content (AvgIpc) is 3.01. The molecule has 1 aliphatic heterocycles. The van der Waals surface area contributed by atoms with E-state index in [0.29, 0.717) is 37.5 Å². The predicted molar refractivity (Wildman–Crippen MR) is 170 cm³/mol. The van der Waals surface area contributed by atoms with E-state index in [1.54, 1.807) is 0 Å². The third-order valence-corrected chi connectivity index (χ3v) is 8.43. The van der Waals surface area contributed by atoms with Crippen LogP contribution < -0.4 is 15.3 Å². The highest BCUT2D eigenvalue weighted by Crippen LogP contribution is 2.38. The van der Waals surface area contributed by atoms with E-state index in [4.69, 9.17) is 14.2 Å². The second kappa shape index (κ2) is 14.9. The maximum absolute atomic E-state index is 15.4. The fraction of sp³-hybridized carbons (Fsp3) is 0.235. The minimum absolute atomic E-state index is 0.135. The molecule has 254 valence electrons. The Hall–Kier alpha value is -3.56. The minimum atomic E-state index is -4.40. The zero-order valence-electron chi connectivity index (χ0n) is 25.0. The summed E-state index contributed by atoms with van der Waals surface area (Å²) < 4.78 is 139. The highest BCUT2D eigenvalue weighted by Gasteiger charge is 2.40. The van der Waals surface area contributed by atoms with Crippen LogP contribution in [0.15, 0.2) is 67.4 Å². The Morgan fingerprint density at radius 2 is 1.46 bits per heavy atom. The summed E-state index contributed by atoms with van der Waals surface area (Å²) in [7, 11) is 3.64. The van der Waals surface area contributed by atoms with Crippen molar-refractivity contribution in [2.24, 2.45) is 5.92 Å². The highest BCUT2D eigenvalue weighted by atomic mass is 31.0. The molecule has 0 saturated carbocycles. The molecule has 4 nitrogen and oxygen atoms in total. The molecule has 0 aliphatic carbocycles. The van der Waals surface area contributed by atoms with Gasteiger partial charge in [0.2, 0.25) is 0 Å². The first-order chi connectivity index (χ1) is 22.8.